The SMILES string of the molecule is CCc1cccc(CC)c1NC(=O)C=C1NC(=O)CS1. The summed E-state index contributed by atoms with van der Waals surface area (Å²) in [5.74, 6) is 0.118. The summed E-state index contributed by atoms with van der Waals surface area (Å²) < 4.78 is 0. The van der Waals surface area contributed by atoms with Crippen molar-refractivity contribution >= 4 is 29.3 Å². The first-order chi connectivity index (χ1) is 9.63. The molecular weight excluding hydrogens is 272 g/mol. The number of carbonyl (C=O) groups is 2. The molecule has 0 radical (unpaired) electrons. The lowest BCUT2D eigenvalue weighted by molar-refractivity contribution is -0.117. The Morgan fingerprint density at radius 3 is 2.50 bits per heavy atom. The molecule has 106 valence electrons. The van der Waals surface area contributed by atoms with Crippen molar-refractivity contribution in [2.24, 2.45) is 0 Å². The summed E-state index contributed by atoms with van der Waals surface area (Å²) in [5, 5.41) is 6.21. The minimum atomic E-state index is -0.203. The van der Waals surface area contributed by atoms with Crippen LogP contribution in [0.15, 0.2) is 29.3 Å². The van der Waals surface area contributed by atoms with Crippen LogP contribution in [0.1, 0.15) is 25.0 Å². The third kappa shape index (κ3) is 3.42. The molecular formula is C15H18N2O2S. The van der Waals surface area contributed by atoms with Crippen molar-refractivity contribution in [3.05, 3.63) is 40.4 Å². The Balaban J connectivity index is 2.17. The molecule has 1 aromatic carbocycles. The normalized spacial score (nSPS) is 16.3. The Bertz CT molecular complexity index is 545. The van der Waals surface area contributed by atoms with Gasteiger partial charge in [-0.25, -0.2) is 0 Å². The van der Waals surface area contributed by atoms with Crippen LogP contribution in [0, 0.1) is 0 Å². The van der Waals surface area contributed by atoms with Gasteiger partial charge in [0, 0.05) is 11.8 Å². The summed E-state index contributed by atoms with van der Waals surface area (Å²) in [5.41, 5.74) is 3.15. The summed E-state index contributed by atoms with van der Waals surface area (Å²) in [6.07, 6.45) is 3.18. The van der Waals surface area contributed by atoms with Crippen molar-refractivity contribution in [2.45, 2.75) is 26.7 Å². The van der Waals surface area contributed by atoms with Gasteiger partial charge >= 0.3 is 0 Å². The molecule has 1 heterocycles. The van der Waals surface area contributed by atoms with E-state index in [1.165, 1.54) is 17.8 Å². The number of benzene rings is 1. The van der Waals surface area contributed by atoms with Gasteiger partial charge in [0.1, 0.15) is 0 Å². The van der Waals surface area contributed by atoms with Gasteiger partial charge in [0.2, 0.25) is 5.91 Å². The molecule has 1 fully saturated rings. The monoisotopic (exact) mass is 290 g/mol. The van der Waals surface area contributed by atoms with E-state index in [1.807, 2.05) is 18.2 Å². The zero-order valence-corrected chi connectivity index (χ0v) is 12.5. The van der Waals surface area contributed by atoms with Crippen molar-refractivity contribution in [3.63, 3.8) is 0 Å². The molecule has 1 aliphatic heterocycles. The number of amides is 2. The third-order valence-corrected chi connectivity index (χ3v) is 4.07. The predicted octanol–water partition coefficient (Wildman–Crippen LogP) is 2.45. The lowest BCUT2D eigenvalue weighted by atomic mass is 10.0. The van der Waals surface area contributed by atoms with Gasteiger partial charge in [-0.05, 0) is 24.0 Å². The van der Waals surface area contributed by atoms with E-state index in [0.717, 1.165) is 29.7 Å². The smallest absolute Gasteiger partial charge is 0.251 e. The largest absolute Gasteiger partial charge is 0.322 e. The van der Waals surface area contributed by atoms with Crippen LogP contribution in [0.3, 0.4) is 0 Å². The second-order valence-corrected chi connectivity index (χ2v) is 5.51. The maximum absolute atomic E-state index is 12.1. The van der Waals surface area contributed by atoms with Gasteiger partial charge in [0.15, 0.2) is 0 Å². The Labute approximate surface area is 123 Å². The second-order valence-electron chi connectivity index (χ2n) is 4.49. The van der Waals surface area contributed by atoms with E-state index in [1.54, 1.807) is 0 Å². The van der Waals surface area contributed by atoms with Crippen LogP contribution >= 0.6 is 11.8 Å². The molecule has 0 spiro atoms. The van der Waals surface area contributed by atoms with Crippen LogP contribution in [-0.2, 0) is 22.4 Å². The Hall–Kier alpha value is -1.75. The van der Waals surface area contributed by atoms with Gasteiger partial charge in [0.25, 0.3) is 5.91 Å². The summed E-state index contributed by atoms with van der Waals surface area (Å²) in [6, 6.07) is 6.06. The number of hydrogen-bond acceptors (Lipinski definition) is 3. The Morgan fingerprint density at radius 2 is 2.00 bits per heavy atom. The van der Waals surface area contributed by atoms with Crippen molar-refractivity contribution in [2.75, 3.05) is 11.1 Å². The lowest BCUT2D eigenvalue weighted by Gasteiger charge is -2.13. The van der Waals surface area contributed by atoms with Crippen LogP contribution in [0.2, 0.25) is 0 Å². The average molecular weight is 290 g/mol. The molecule has 2 rings (SSSR count). The quantitative estimate of drug-likeness (QED) is 0.837. The van der Waals surface area contributed by atoms with E-state index < -0.39 is 0 Å². The van der Waals surface area contributed by atoms with Gasteiger partial charge in [-0.3, -0.25) is 9.59 Å². The van der Waals surface area contributed by atoms with E-state index in [0.29, 0.717) is 10.8 Å². The lowest BCUT2D eigenvalue weighted by Crippen LogP contribution is -2.17. The Kier molecular flexibility index (Phi) is 4.84. The summed E-state index contributed by atoms with van der Waals surface area (Å²) >= 11 is 1.35. The van der Waals surface area contributed by atoms with E-state index in [-0.39, 0.29) is 11.8 Å². The number of rotatable bonds is 4. The van der Waals surface area contributed by atoms with Crippen molar-refractivity contribution in [3.8, 4) is 0 Å². The fraction of sp³-hybridized carbons (Fsp3) is 0.333. The highest BCUT2D eigenvalue weighted by Gasteiger charge is 2.16. The van der Waals surface area contributed by atoms with Crippen LogP contribution in [0.25, 0.3) is 0 Å². The van der Waals surface area contributed by atoms with Crippen LogP contribution in [0.5, 0.6) is 0 Å². The van der Waals surface area contributed by atoms with Gasteiger partial charge in [-0.1, -0.05) is 43.8 Å². The molecule has 0 aliphatic carbocycles. The van der Waals surface area contributed by atoms with Crippen molar-refractivity contribution in [1.82, 2.24) is 5.32 Å². The van der Waals surface area contributed by atoms with Gasteiger partial charge in [-0.2, -0.15) is 0 Å². The molecule has 20 heavy (non-hydrogen) atoms. The average Bonchev–Trinajstić information content (AvgIpc) is 2.84. The molecule has 1 saturated heterocycles. The topological polar surface area (TPSA) is 58.2 Å². The minimum absolute atomic E-state index is 0.0581. The van der Waals surface area contributed by atoms with E-state index in [2.05, 4.69) is 24.5 Å². The number of anilines is 1. The molecule has 4 nitrogen and oxygen atoms in total. The summed E-state index contributed by atoms with van der Waals surface area (Å²) in [6.45, 7) is 4.13. The van der Waals surface area contributed by atoms with Gasteiger partial charge in [0.05, 0.1) is 10.8 Å². The van der Waals surface area contributed by atoms with E-state index >= 15 is 0 Å². The molecule has 2 amide bonds. The number of hydrogen-bond donors (Lipinski definition) is 2. The highest BCUT2D eigenvalue weighted by atomic mass is 32.2. The second kappa shape index (κ2) is 6.61. The predicted molar refractivity (Wildman–Crippen MR) is 82.5 cm³/mol. The van der Waals surface area contributed by atoms with Crippen molar-refractivity contribution < 1.29 is 9.59 Å². The first-order valence-electron chi connectivity index (χ1n) is 6.70. The Morgan fingerprint density at radius 1 is 1.35 bits per heavy atom. The van der Waals surface area contributed by atoms with Crippen LogP contribution < -0.4 is 10.6 Å². The number of para-hydroxylation sites is 1. The third-order valence-electron chi connectivity index (χ3n) is 3.13. The first kappa shape index (κ1) is 14.7. The molecule has 0 bridgehead atoms. The van der Waals surface area contributed by atoms with Crippen LogP contribution in [-0.4, -0.2) is 17.6 Å². The summed E-state index contributed by atoms with van der Waals surface area (Å²) in [7, 11) is 0. The van der Waals surface area contributed by atoms with Crippen LogP contribution in [0.4, 0.5) is 5.69 Å². The maximum Gasteiger partial charge on any atom is 0.251 e. The van der Waals surface area contributed by atoms with E-state index in [4.69, 9.17) is 0 Å². The molecule has 0 saturated carbocycles. The highest BCUT2D eigenvalue weighted by Crippen LogP contribution is 2.23. The molecule has 1 aliphatic rings. The molecule has 5 heteroatoms. The number of aryl methyl sites for hydroxylation is 2. The fourth-order valence-electron chi connectivity index (χ4n) is 2.11. The zero-order chi connectivity index (χ0) is 14.5. The number of thioether (sulfide) groups is 1. The molecule has 0 aromatic heterocycles. The van der Waals surface area contributed by atoms with Gasteiger partial charge < -0.3 is 10.6 Å². The molecule has 0 unspecified atom stereocenters. The summed E-state index contributed by atoms with van der Waals surface area (Å²) in [4.78, 5) is 23.1. The fourth-order valence-corrected chi connectivity index (χ4v) is 2.85. The minimum Gasteiger partial charge on any atom is -0.322 e. The highest BCUT2D eigenvalue weighted by molar-refractivity contribution is 8.04. The number of carbonyl (C=O) groups excluding carboxylic acids is 2. The van der Waals surface area contributed by atoms with Gasteiger partial charge in [-0.15, -0.1) is 0 Å². The maximum atomic E-state index is 12.1. The first-order valence-corrected chi connectivity index (χ1v) is 7.68. The molecule has 2 N–H and O–H groups in total. The zero-order valence-electron chi connectivity index (χ0n) is 11.7. The molecule has 0 atom stereocenters. The standard InChI is InChI=1S/C15H18N2O2S/c1-3-10-6-5-7-11(4-2)15(10)17-12(18)8-14-16-13(19)9-20-14/h5-8H,3-4,9H2,1-2H3,(H,16,19)(H,17,18). The van der Waals surface area contributed by atoms with E-state index in [9.17, 15) is 9.59 Å². The van der Waals surface area contributed by atoms with Crippen molar-refractivity contribution in [1.29, 1.82) is 0 Å². The molecule has 1 aromatic rings. The number of nitrogens with one attached hydrogen (secondary N) is 2.